The van der Waals surface area contributed by atoms with Crippen molar-refractivity contribution >= 4 is 34.9 Å². The minimum absolute atomic E-state index is 0.338. The number of nitrogens with zero attached hydrogens (tertiary/aromatic N) is 1. The molecule has 0 heterocycles. The number of hydrogen-bond donors (Lipinski definition) is 1. The van der Waals surface area contributed by atoms with E-state index in [9.17, 15) is 4.79 Å². The highest BCUT2D eigenvalue weighted by molar-refractivity contribution is 14.1. The van der Waals surface area contributed by atoms with E-state index in [2.05, 4.69) is 37.9 Å². The molecular formula is C10H11IN2O2. The average molecular weight is 318 g/mol. The number of carbonyl (C=O) groups excluding carboxylic acids is 1. The van der Waals surface area contributed by atoms with Crippen LogP contribution in [0.1, 0.15) is 12.5 Å². The van der Waals surface area contributed by atoms with Gasteiger partial charge in [-0.05, 0) is 35.6 Å². The van der Waals surface area contributed by atoms with Gasteiger partial charge in [-0.2, -0.15) is 5.10 Å². The summed E-state index contributed by atoms with van der Waals surface area (Å²) >= 11 is 2.20. The summed E-state index contributed by atoms with van der Waals surface area (Å²) in [7, 11) is 0. The van der Waals surface area contributed by atoms with E-state index in [-0.39, 0.29) is 0 Å². The van der Waals surface area contributed by atoms with Crippen molar-refractivity contribution in [2.75, 3.05) is 6.61 Å². The van der Waals surface area contributed by atoms with Gasteiger partial charge in [-0.1, -0.05) is 18.2 Å². The Morgan fingerprint density at radius 3 is 3.00 bits per heavy atom. The summed E-state index contributed by atoms with van der Waals surface area (Å²) in [5.74, 6) is 0. The Balaban J connectivity index is 2.52. The van der Waals surface area contributed by atoms with Crippen molar-refractivity contribution in [1.29, 1.82) is 0 Å². The van der Waals surface area contributed by atoms with Gasteiger partial charge in [0.15, 0.2) is 0 Å². The number of nitrogens with one attached hydrogen (secondary N) is 1. The Bertz CT molecular complexity index is 366. The van der Waals surface area contributed by atoms with Gasteiger partial charge in [-0.25, -0.2) is 10.2 Å². The molecule has 0 saturated carbocycles. The molecule has 0 bridgehead atoms. The highest BCUT2D eigenvalue weighted by Crippen LogP contribution is 2.08. The van der Waals surface area contributed by atoms with Crippen molar-refractivity contribution in [3.63, 3.8) is 0 Å². The van der Waals surface area contributed by atoms with E-state index in [1.807, 2.05) is 24.3 Å². The molecule has 0 aliphatic rings. The number of ether oxygens (including phenoxy) is 1. The van der Waals surface area contributed by atoms with Crippen LogP contribution >= 0.6 is 22.6 Å². The molecule has 0 unspecified atom stereocenters. The second-order valence-electron chi connectivity index (χ2n) is 2.61. The molecule has 1 rings (SSSR count). The molecule has 0 saturated heterocycles. The van der Waals surface area contributed by atoms with Gasteiger partial charge in [-0.15, -0.1) is 0 Å². The maximum Gasteiger partial charge on any atom is 0.427 e. The van der Waals surface area contributed by atoms with Crippen molar-refractivity contribution in [2.24, 2.45) is 5.10 Å². The van der Waals surface area contributed by atoms with Gasteiger partial charge in [0, 0.05) is 9.13 Å². The molecule has 15 heavy (non-hydrogen) atoms. The maximum atomic E-state index is 10.9. The summed E-state index contributed by atoms with van der Waals surface area (Å²) in [4.78, 5) is 10.9. The molecule has 1 aromatic carbocycles. The fraction of sp³-hybridized carbons (Fsp3) is 0.200. The van der Waals surface area contributed by atoms with Crippen molar-refractivity contribution < 1.29 is 9.53 Å². The molecule has 0 aliphatic heterocycles. The topological polar surface area (TPSA) is 50.7 Å². The van der Waals surface area contributed by atoms with Crippen molar-refractivity contribution in [2.45, 2.75) is 6.92 Å². The molecule has 5 heteroatoms. The minimum atomic E-state index is -0.542. The monoisotopic (exact) mass is 318 g/mol. The van der Waals surface area contributed by atoms with E-state index in [0.717, 1.165) is 9.13 Å². The van der Waals surface area contributed by atoms with Gasteiger partial charge >= 0.3 is 6.09 Å². The quantitative estimate of drug-likeness (QED) is 0.528. The first kappa shape index (κ1) is 12.0. The Morgan fingerprint density at radius 2 is 2.33 bits per heavy atom. The van der Waals surface area contributed by atoms with Gasteiger partial charge in [-0.3, -0.25) is 0 Å². The minimum Gasteiger partial charge on any atom is -0.449 e. The number of rotatable bonds is 3. The molecule has 0 radical (unpaired) electrons. The number of carbonyl (C=O) groups is 1. The smallest absolute Gasteiger partial charge is 0.427 e. The summed E-state index contributed by atoms with van der Waals surface area (Å²) < 4.78 is 5.72. The van der Waals surface area contributed by atoms with E-state index in [0.29, 0.717) is 6.61 Å². The second-order valence-corrected chi connectivity index (χ2v) is 3.77. The van der Waals surface area contributed by atoms with Crippen LogP contribution in [0.15, 0.2) is 29.4 Å². The van der Waals surface area contributed by atoms with Gasteiger partial charge in [0.1, 0.15) is 0 Å². The van der Waals surface area contributed by atoms with Crippen LogP contribution in [-0.2, 0) is 4.74 Å². The molecule has 1 aromatic rings. The number of hydrazone groups is 1. The van der Waals surface area contributed by atoms with Gasteiger partial charge in [0.2, 0.25) is 0 Å². The van der Waals surface area contributed by atoms with Crippen LogP contribution in [0.5, 0.6) is 0 Å². The first-order chi connectivity index (χ1) is 7.24. The zero-order chi connectivity index (χ0) is 11.1. The average Bonchev–Trinajstić information content (AvgIpc) is 2.21. The standard InChI is InChI=1S/C10H11IN2O2/c1-2-15-10(14)13-12-7-8-5-3-4-6-9(8)11/h3-7H,2H2,1H3,(H,13,14)/b12-7+. The Labute approximate surface area is 102 Å². The fourth-order valence-corrected chi connectivity index (χ4v) is 1.42. The van der Waals surface area contributed by atoms with E-state index < -0.39 is 6.09 Å². The van der Waals surface area contributed by atoms with Crippen molar-refractivity contribution in [1.82, 2.24) is 5.43 Å². The number of halogens is 1. The first-order valence-electron chi connectivity index (χ1n) is 4.44. The van der Waals surface area contributed by atoms with Crippen LogP contribution in [0.2, 0.25) is 0 Å². The molecule has 1 N–H and O–H groups in total. The molecule has 1 amide bonds. The molecule has 0 fully saturated rings. The predicted molar refractivity (Wildman–Crippen MR) is 66.9 cm³/mol. The molecule has 0 aromatic heterocycles. The zero-order valence-electron chi connectivity index (χ0n) is 8.24. The lowest BCUT2D eigenvalue weighted by Gasteiger charge is -1.99. The maximum absolute atomic E-state index is 10.9. The normalized spacial score (nSPS) is 10.3. The Morgan fingerprint density at radius 1 is 1.60 bits per heavy atom. The van der Waals surface area contributed by atoms with E-state index in [4.69, 9.17) is 0 Å². The first-order valence-corrected chi connectivity index (χ1v) is 5.52. The molecule has 0 aliphatic carbocycles. The lowest BCUT2D eigenvalue weighted by molar-refractivity contribution is 0.152. The zero-order valence-corrected chi connectivity index (χ0v) is 10.4. The summed E-state index contributed by atoms with van der Waals surface area (Å²) in [6, 6.07) is 7.73. The Hall–Kier alpha value is -1.11. The molecule has 0 atom stereocenters. The van der Waals surface area contributed by atoms with Crippen molar-refractivity contribution in [3.05, 3.63) is 33.4 Å². The lowest BCUT2D eigenvalue weighted by atomic mass is 10.2. The summed E-state index contributed by atoms with van der Waals surface area (Å²) in [5, 5.41) is 3.77. The van der Waals surface area contributed by atoms with Crippen LogP contribution in [0.3, 0.4) is 0 Å². The van der Waals surface area contributed by atoms with Crippen LogP contribution in [0.4, 0.5) is 4.79 Å². The van der Waals surface area contributed by atoms with E-state index >= 15 is 0 Å². The van der Waals surface area contributed by atoms with E-state index in [1.165, 1.54) is 0 Å². The lowest BCUT2D eigenvalue weighted by Crippen LogP contribution is -2.18. The summed E-state index contributed by atoms with van der Waals surface area (Å²) in [5.41, 5.74) is 3.22. The summed E-state index contributed by atoms with van der Waals surface area (Å²) in [6.07, 6.45) is 1.04. The molecular weight excluding hydrogens is 307 g/mol. The molecule has 80 valence electrons. The second kappa shape index (κ2) is 6.39. The van der Waals surface area contributed by atoms with Crippen LogP contribution < -0.4 is 5.43 Å². The van der Waals surface area contributed by atoms with Gasteiger partial charge < -0.3 is 4.74 Å². The van der Waals surface area contributed by atoms with Crippen LogP contribution in [0, 0.1) is 3.57 Å². The number of amides is 1. The third kappa shape index (κ3) is 4.28. The highest BCUT2D eigenvalue weighted by atomic mass is 127. The summed E-state index contributed by atoms with van der Waals surface area (Å²) in [6.45, 7) is 2.08. The van der Waals surface area contributed by atoms with Crippen LogP contribution in [-0.4, -0.2) is 18.9 Å². The largest absolute Gasteiger partial charge is 0.449 e. The van der Waals surface area contributed by atoms with Crippen molar-refractivity contribution in [3.8, 4) is 0 Å². The molecule has 4 nitrogen and oxygen atoms in total. The fourth-order valence-electron chi connectivity index (χ4n) is 0.898. The van der Waals surface area contributed by atoms with Gasteiger partial charge in [0.25, 0.3) is 0 Å². The SMILES string of the molecule is CCOC(=O)N/N=C/c1ccccc1I. The van der Waals surface area contributed by atoms with Gasteiger partial charge in [0.05, 0.1) is 12.8 Å². The highest BCUT2D eigenvalue weighted by Gasteiger charge is 1.96. The van der Waals surface area contributed by atoms with E-state index in [1.54, 1.807) is 13.1 Å². The van der Waals surface area contributed by atoms with Crippen LogP contribution in [0.25, 0.3) is 0 Å². The number of benzene rings is 1. The third-order valence-electron chi connectivity index (χ3n) is 1.54. The number of hydrogen-bond acceptors (Lipinski definition) is 3. The predicted octanol–water partition coefficient (Wildman–Crippen LogP) is 2.37. The third-order valence-corrected chi connectivity index (χ3v) is 2.52. The Kier molecular flexibility index (Phi) is 5.09. The molecule has 0 spiro atoms.